The molecule has 1 fully saturated rings. The highest BCUT2D eigenvalue weighted by Gasteiger charge is 2.21. The molecule has 3 rings (SSSR count). The van der Waals surface area contributed by atoms with Crippen molar-refractivity contribution in [2.45, 2.75) is 12.8 Å². The number of nitrogens with zero attached hydrogens (tertiary/aromatic N) is 2. The largest absolute Gasteiger partial charge is 0.495 e. The second kappa shape index (κ2) is 7.12. The van der Waals surface area contributed by atoms with Crippen LogP contribution >= 0.6 is 0 Å². The number of hydrogen-bond acceptors (Lipinski definition) is 4. The van der Waals surface area contributed by atoms with E-state index < -0.39 is 0 Å². The van der Waals surface area contributed by atoms with Crippen molar-refractivity contribution in [1.82, 2.24) is 9.88 Å². The van der Waals surface area contributed by atoms with Gasteiger partial charge in [-0.1, -0.05) is 12.1 Å². The van der Waals surface area contributed by atoms with Gasteiger partial charge in [-0.2, -0.15) is 0 Å². The molecule has 1 aliphatic rings. The minimum absolute atomic E-state index is 0.0544. The van der Waals surface area contributed by atoms with Crippen molar-refractivity contribution in [2.24, 2.45) is 0 Å². The second-order valence-corrected chi connectivity index (χ2v) is 5.58. The van der Waals surface area contributed by atoms with Crippen molar-refractivity contribution < 1.29 is 14.3 Å². The molecule has 0 spiro atoms. The molecule has 0 radical (unpaired) electrons. The number of hydrogen-bond donors (Lipinski definition) is 1. The summed E-state index contributed by atoms with van der Waals surface area (Å²) in [6, 6.07) is 10.3. The molecule has 2 aromatic rings. The van der Waals surface area contributed by atoms with Gasteiger partial charge in [0.1, 0.15) is 11.4 Å². The average Bonchev–Trinajstić information content (AvgIpc) is 3.16. The normalized spacial score (nSPS) is 13.6. The number of likely N-dealkylation sites (tertiary alicyclic amines) is 1. The molecule has 6 nitrogen and oxygen atoms in total. The number of methoxy groups -OCH3 is 1. The SMILES string of the molecule is COc1ccccc1NC(=O)c1cc(C(=O)N2CCCC2)ccn1. The summed E-state index contributed by atoms with van der Waals surface area (Å²) in [5.41, 5.74) is 1.24. The highest BCUT2D eigenvalue weighted by Crippen LogP contribution is 2.23. The number of nitrogens with one attached hydrogen (secondary N) is 1. The first-order chi connectivity index (χ1) is 11.7. The maximum absolute atomic E-state index is 12.4. The average molecular weight is 325 g/mol. The molecule has 0 bridgehead atoms. The van der Waals surface area contributed by atoms with Crippen LogP contribution in [0, 0.1) is 0 Å². The smallest absolute Gasteiger partial charge is 0.274 e. The van der Waals surface area contributed by atoms with E-state index in [0.717, 1.165) is 25.9 Å². The lowest BCUT2D eigenvalue weighted by Crippen LogP contribution is -2.28. The van der Waals surface area contributed by atoms with Gasteiger partial charge < -0.3 is 15.0 Å². The fourth-order valence-electron chi connectivity index (χ4n) is 2.72. The Morgan fingerprint density at radius 1 is 1.17 bits per heavy atom. The molecule has 1 aromatic heterocycles. The predicted molar refractivity (Wildman–Crippen MR) is 90.3 cm³/mol. The summed E-state index contributed by atoms with van der Waals surface area (Å²) < 4.78 is 5.22. The number of carbonyl (C=O) groups excluding carboxylic acids is 2. The molecule has 1 aliphatic heterocycles. The van der Waals surface area contributed by atoms with Crippen LogP contribution in [0.1, 0.15) is 33.7 Å². The molecule has 0 saturated carbocycles. The van der Waals surface area contributed by atoms with E-state index in [-0.39, 0.29) is 17.5 Å². The molecule has 2 heterocycles. The van der Waals surface area contributed by atoms with Crippen LogP contribution in [-0.4, -0.2) is 41.9 Å². The minimum atomic E-state index is -0.379. The van der Waals surface area contributed by atoms with Gasteiger partial charge in [0, 0.05) is 24.8 Å². The lowest BCUT2D eigenvalue weighted by Gasteiger charge is -2.15. The van der Waals surface area contributed by atoms with Crippen molar-refractivity contribution in [3.05, 3.63) is 53.9 Å². The Morgan fingerprint density at radius 3 is 2.67 bits per heavy atom. The van der Waals surface area contributed by atoms with Gasteiger partial charge in [0.05, 0.1) is 12.8 Å². The quantitative estimate of drug-likeness (QED) is 0.938. The summed E-state index contributed by atoms with van der Waals surface area (Å²) in [7, 11) is 1.54. The lowest BCUT2D eigenvalue weighted by molar-refractivity contribution is 0.0792. The Kier molecular flexibility index (Phi) is 4.74. The molecule has 2 amide bonds. The number of aromatic nitrogens is 1. The first-order valence-corrected chi connectivity index (χ1v) is 7.89. The Bertz CT molecular complexity index is 755. The number of benzene rings is 1. The zero-order valence-electron chi connectivity index (χ0n) is 13.5. The predicted octanol–water partition coefficient (Wildman–Crippen LogP) is 2.58. The van der Waals surface area contributed by atoms with E-state index in [1.54, 1.807) is 36.3 Å². The van der Waals surface area contributed by atoms with Crippen LogP contribution < -0.4 is 10.1 Å². The third-order valence-corrected chi connectivity index (χ3v) is 3.99. The highest BCUT2D eigenvalue weighted by molar-refractivity contribution is 6.05. The Morgan fingerprint density at radius 2 is 1.92 bits per heavy atom. The summed E-state index contributed by atoms with van der Waals surface area (Å²) in [4.78, 5) is 30.7. The molecule has 0 atom stereocenters. The standard InChI is InChI=1S/C18H19N3O3/c1-24-16-7-3-2-6-14(16)20-17(22)15-12-13(8-9-19-15)18(23)21-10-4-5-11-21/h2-3,6-9,12H,4-5,10-11H2,1H3,(H,20,22). The van der Waals surface area contributed by atoms with Crippen LogP contribution in [0.4, 0.5) is 5.69 Å². The van der Waals surface area contributed by atoms with Crippen LogP contribution in [0.25, 0.3) is 0 Å². The van der Waals surface area contributed by atoms with Gasteiger partial charge in [-0.15, -0.1) is 0 Å². The molecule has 124 valence electrons. The molecule has 6 heteroatoms. The molecule has 1 N–H and O–H groups in total. The fraction of sp³-hybridized carbons (Fsp3) is 0.278. The van der Waals surface area contributed by atoms with E-state index in [9.17, 15) is 9.59 Å². The van der Waals surface area contributed by atoms with Crippen LogP contribution in [0.5, 0.6) is 5.75 Å². The second-order valence-electron chi connectivity index (χ2n) is 5.58. The molecular formula is C18H19N3O3. The summed E-state index contributed by atoms with van der Waals surface area (Å²) >= 11 is 0. The molecular weight excluding hydrogens is 306 g/mol. The van der Waals surface area contributed by atoms with Gasteiger partial charge >= 0.3 is 0 Å². The van der Waals surface area contributed by atoms with Gasteiger partial charge in [0.15, 0.2) is 0 Å². The van der Waals surface area contributed by atoms with Gasteiger partial charge in [-0.25, -0.2) is 0 Å². The van der Waals surface area contributed by atoms with E-state index in [2.05, 4.69) is 10.3 Å². The monoisotopic (exact) mass is 325 g/mol. The summed E-state index contributed by atoms with van der Waals surface area (Å²) in [5, 5.41) is 2.76. The third kappa shape index (κ3) is 3.37. The van der Waals surface area contributed by atoms with Crippen molar-refractivity contribution in [3.8, 4) is 5.75 Å². The van der Waals surface area contributed by atoms with Crippen LogP contribution in [0.3, 0.4) is 0 Å². The van der Waals surface area contributed by atoms with E-state index >= 15 is 0 Å². The Balaban J connectivity index is 1.78. The number of carbonyl (C=O) groups is 2. The number of anilines is 1. The maximum atomic E-state index is 12.4. The summed E-state index contributed by atoms with van der Waals surface area (Å²) in [6.07, 6.45) is 3.54. The van der Waals surface area contributed by atoms with E-state index in [0.29, 0.717) is 17.0 Å². The fourth-order valence-corrected chi connectivity index (χ4v) is 2.72. The molecule has 1 saturated heterocycles. The molecule has 0 aliphatic carbocycles. The molecule has 24 heavy (non-hydrogen) atoms. The van der Waals surface area contributed by atoms with Gasteiger partial charge in [-0.05, 0) is 37.1 Å². The van der Waals surface area contributed by atoms with E-state index in [1.807, 2.05) is 6.07 Å². The molecule has 1 aromatic carbocycles. The van der Waals surface area contributed by atoms with E-state index in [4.69, 9.17) is 4.74 Å². The van der Waals surface area contributed by atoms with Crippen LogP contribution in [-0.2, 0) is 0 Å². The Hall–Kier alpha value is -2.89. The number of para-hydroxylation sites is 2. The number of ether oxygens (including phenoxy) is 1. The highest BCUT2D eigenvalue weighted by atomic mass is 16.5. The first kappa shape index (κ1) is 16.0. The third-order valence-electron chi connectivity index (χ3n) is 3.99. The van der Waals surface area contributed by atoms with Crippen LogP contribution in [0.2, 0.25) is 0 Å². The van der Waals surface area contributed by atoms with Crippen molar-refractivity contribution in [2.75, 3.05) is 25.5 Å². The number of pyridine rings is 1. The maximum Gasteiger partial charge on any atom is 0.274 e. The lowest BCUT2D eigenvalue weighted by atomic mass is 10.2. The first-order valence-electron chi connectivity index (χ1n) is 7.89. The number of rotatable bonds is 4. The van der Waals surface area contributed by atoms with Crippen molar-refractivity contribution in [1.29, 1.82) is 0 Å². The summed E-state index contributed by atoms with van der Waals surface area (Å²) in [5.74, 6) is 0.131. The summed E-state index contributed by atoms with van der Waals surface area (Å²) in [6.45, 7) is 1.54. The number of amides is 2. The van der Waals surface area contributed by atoms with E-state index in [1.165, 1.54) is 12.3 Å². The van der Waals surface area contributed by atoms with Gasteiger partial charge in [0.25, 0.3) is 11.8 Å². The van der Waals surface area contributed by atoms with Crippen molar-refractivity contribution in [3.63, 3.8) is 0 Å². The van der Waals surface area contributed by atoms with Gasteiger partial charge in [-0.3, -0.25) is 14.6 Å². The Labute approximate surface area is 140 Å². The zero-order valence-corrected chi connectivity index (χ0v) is 13.5. The van der Waals surface area contributed by atoms with Gasteiger partial charge in [0.2, 0.25) is 0 Å². The topological polar surface area (TPSA) is 71.5 Å². The minimum Gasteiger partial charge on any atom is -0.495 e. The van der Waals surface area contributed by atoms with Crippen LogP contribution in [0.15, 0.2) is 42.6 Å². The zero-order chi connectivity index (χ0) is 16.9. The van der Waals surface area contributed by atoms with Crippen molar-refractivity contribution >= 4 is 17.5 Å². The molecule has 0 unspecified atom stereocenters.